The molecule has 1 heterocycles. The van der Waals surface area contributed by atoms with Crippen LogP contribution in [-0.4, -0.2) is 23.3 Å². The maximum atomic E-state index is 12.1. The molecule has 5 nitrogen and oxygen atoms in total. The summed E-state index contributed by atoms with van der Waals surface area (Å²) in [7, 11) is 0. The van der Waals surface area contributed by atoms with Gasteiger partial charge in [0.2, 0.25) is 0 Å². The van der Waals surface area contributed by atoms with Crippen molar-refractivity contribution in [1.29, 1.82) is 0 Å². The quantitative estimate of drug-likeness (QED) is 0.858. The van der Waals surface area contributed by atoms with Crippen LogP contribution in [0.5, 0.6) is 0 Å². The molecule has 114 valence electrons. The molecule has 2 rings (SSSR count). The minimum Gasteiger partial charge on any atom is -0.352 e. The molecule has 22 heavy (non-hydrogen) atoms. The average Bonchev–Trinajstić information content (AvgIpc) is 2.58. The monoisotopic (exact) mass is 297 g/mol. The molecule has 0 aliphatic rings. The second-order valence-electron chi connectivity index (χ2n) is 4.84. The van der Waals surface area contributed by atoms with E-state index in [0.29, 0.717) is 24.2 Å². The number of aromatic nitrogens is 1. The Kier molecular flexibility index (Phi) is 5.65. The lowest BCUT2D eigenvalue weighted by atomic mass is 10.1. The van der Waals surface area contributed by atoms with E-state index in [1.54, 1.807) is 30.5 Å². The highest BCUT2D eigenvalue weighted by Gasteiger charge is 2.10. The van der Waals surface area contributed by atoms with Crippen molar-refractivity contribution in [3.05, 3.63) is 65.5 Å². The van der Waals surface area contributed by atoms with Crippen LogP contribution >= 0.6 is 0 Å². The van der Waals surface area contributed by atoms with E-state index in [1.807, 2.05) is 25.1 Å². The van der Waals surface area contributed by atoms with E-state index in [2.05, 4.69) is 15.6 Å². The fraction of sp³-hybridized carbons (Fsp3) is 0.235. The van der Waals surface area contributed by atoms with Gasteiger partial charge in [-0.1, -0.05) is 19.1 Å². The summed E-state index contributed by atoms with van der Waals surface area (Å²) in [6.07, 6.45) is 2.55. The largest absolute Gasteiger partial charge is 0.352 e. The number of carbonyl (C=O) groups excluding carboxylic acids is 2. The lowest BCUT2D eigenvalue weighted by Crippen LogP contribution is -2.26. The topological polar surface area (TPSA) is 71.1 Å². The first kappa shape index (κ1) is 15.7. The normalized spacial score (nSPS) is 10.0. The highest BCUT2D eigenvalue weighted by atomic mass is 16.2. The molecule has 2 amide bonds. The summed E-state index contributed by atoms with van der Waals surface area (Å²) < 4.78 is 0. The number of amides is 2. The van der Waals surface area contributed by atoms with Crippen molar-refractivity contribution < 1.29 is 9.59 Å². The first-order valence-corrected chi connectivity index (χ1v) is 7.27. The van der Waals surface area contributed by atoms with Gasteiger partial charge in [0.15, 0.2) is 0 Å². The van der Waals surface area contributed by atoms with Gasteiger partial charge in [0.1, 0.15) is 0 Å². The highest BCUT2D eigenvalue weighted by Crippen LogP contribution is 2.06. The zero-order valence-electron chi connectivity index (χ0n) is 12.5. The van der Waals surface area contributed by atoms with Crippen LogP contribution in [0.2, 0.25) is 0 Å². The molecule has 1 aromatic heterocycles. The molecule has 2 N–H and O–H groups in total. The third-order valence-corrected chi connectivity index (χ3v) is 3.08. The molecule has 2 aromatic rings. The van der Waals surface area contributed by atoms with E-state index in [-0.39, 0.29) is 11.8 Å². The van der Waals surface area contributed by atoms with Crippen LogP contribution in [0.4, 0.5) is 0 Å². The van der Waals surface area contributed by atoms with E-state index < -0.39 is 0 Å². The van der Waals surface area contributed by atoms with Gasteiger partial charge in [-0.05, 0) is 36.8 Å². The third-order valence-electron chi connectivity index (χ3n) is 3.08. The Labute approximate surface area is 129 Å². The number of rotatable bonds is 6. The van der Waals surface area contributed by atoms with Crippen LogP contribution < -0.4 is 10.6 Å². The molecule has 0 saturated carbocycles. The SMILES string of the molecule is CCCNC(=O)c1cccc(C(=O)NCc2ccccn2)c1. The van der Waals surface area contributed by atoms with Gasteiger partial charge in [-0.15, -0.1) is 0 Å². The molecule has 0 radical (unpaired) electrons. The smallest absolute Gasteiger partial charge is 0.251 e. The van der Waals surface area contributed by atoms with E-state index in [4.69, 9.17) is 0 Å². The molecular formula is C17H19N3O2. The Morgan fingerprint density at radius 2 is 1.73 bits per heavy atom. The molecule has 0 unspecified atom stereocenters. The molecule has 0 bridgehead atoms. The van der Waals surface area contributed by atoms with Crippen LogP contribution in [-0.2, 0) is 6.54 Å². The Balaban J connectivity index is 1.99. The molecule has 5 heteroatoms. The van der Waals surface area contributed by atoms with Gasteiger partial charge in [0, 0.05) is 23.9 Å². The first-order valence-electron chi connectivity index (χ1n) is 7.27. The summed E-state index contributed by atoms with van der Waals surface area (Å²) in [4.78, 5) is 28.2. The lowest BCUT2D eigenvalue weighted by Gasteiger charge is -2.07. The van der Waals surface area contributed by atoms with Gasteiger partial charge in [-0.25, -0.2) is 0 Å². The molecule has 0 spiro atoms. The number of benzene rings is 1. The minimum atomic E-state index is -0.226. The predicted octanol–water partition coefficient (Wildman–Crippen LogP) is 2.15. The van der Waals surface area contributed by atoms with Crippen LogP contribution in [0, 0.1) is 0 Å². The number of nitrogens with one attached hydrogen (secondary N) is 2. The zero-order valence-corrected chi connectivity index (χ0v) is 12.5. The predicted molar refractivity (Wildman–Crippen MR) is 84.5 cm³/mol. The number of hydrogen-bond acceptors (Lipinski definition) is 3. The van der Waals surface area contributed by atoms with Crippen LogP contribution in [0.15, 0.2) is 48.7 Å². The van der Waals surface area contributed by atoms with Gasteiger partial charge >= 0.3 is 0 Å². The van der Waals surface area contributed by atoms with Gasteiger partial charge < -0.3 is 10.6 Å². The fourth-order valence-corrected chi connectivity index (χ4v) is 1.92. The number of pyridine rings is 1. The van der Waals surface area contributed by atoms with Crippen molar-refractivity contribution in [3.63, 3.8) is 0 Å². The summed E-state index contributed by atoms with van der Waals surface area (Å²) in [6, 6.07) is 12.2. The van der Waals surface area contributed by atoms with Crippen molar-refractivity contribution >= 4 is 11.8 Å². The Morgan fingerprint density at radius 1 is 1.00 bits per heavy atom. The van der Waals surface area contributed by atoms with Crippen molar-refractivity contribution in [3.8, 4) is 0 Å². The Hall–Kier alpha value is -2.69. The molecule has 0 fully saturated rings. The van der Waals surface area contributed by atoms with Gasteiger partial charge in [-0.2, -0.15) is 0 Å². The van der Waals surface area contributed by atoms with Crippen LogP contribution in [0.1, 0.15) is 39.8 Å². The standard InChI is InChI=1S/C17H19N3O2/c1-2-9-19-16(21)13-6-5-7-14(11-13)17(22)20-12-15-8-3-4-10-18-15/h3-8,10-11H,2,9,12H2,1H3,(H,19,21)(H,20,22). The number of nitrogens with zero attached hydrogens (tertiary/aromatic N) is 1. The van der Waals surface area contributed by atoms with E-state index in [1.165, 1.54) is 0 Å². The Bertz CT molecular complexity index is 641. The summed E-state index contributed by atoms with van der Waals surface area (Å²) in [6.45, 7) is 2.96. The molecule has 0 saturated heterocycles. The summed E-state index contributed by atoms with van der Waals surface area (Å²) >= 11 is 0. The molecule has 1 aromatic carbocycles. The molecule has 0 aliphatic carbocycles. The summed E-state index contributed by atoms with van der Waals surface area (Å²) in [5, 5.41) is 5.58. The zero-order chi connectivity index (χ0) is 15.8. The number of carbonyl (C=O) groups is 2. The van der Waals surface area contributed by atoms with Crippen LogP contribution in [0.3, 0.4) is 0 Å². The molecule has 0 aliphatic heterocycles. The first-order chi connectivity index (χ1) is 10.7. The average molecular weight is 297 g/mol. The lowest BCUT2D eigenvalue weighted by molar-refractivity contribution is 0.0950. The molecular weight excluding hydrogens is 278 g/mol. The second kappa shape index (κ2) is 7.93. The highest BCUT2D eigenvalue weighted by molar-refractivity contribution is 5.99. The van der Waals surface area contributed by atoms with Crippen molar-refractivity contribution in [2.75, 3.05) is 6.54 Å². The van der Waals surface area contributed by atoms with E-state index in [0.717, 1.165) is 12.1 Å². The van der Waals surface area contributed by atoms with Crippen molar-refractivity contribution in [2.45, 2.75) is 19.9 Å². The van der Waals surface area contributed by atoms with Crippen molar-refractivity contribution in [1.82, 2.24) is 15.6 Å². The maximum Gasteiger partial charge on any atom is 0.251 e. The Morgan fingerprint density at radius 3 is 2.36 bits per heavy atom. The summed E-state index contributed by atoms with van der Waals surface area (Å²) in [5.74, 6) is -0.392. The molecule has 0 atom stereocenters. The van der Waals surface area contributed by atoms with Crippen LogP contribution in [0.25, 0.3) is 0 Å². The van der Waals surface area contributed by atoms with E-state index in [9.17, 15) is 9.59 Å². The summed E-state index contributed by atoms with van der Waals surface area (Å²) in [5.41, 5.74) is 1.73. The maximum absolute atomic E-state index is 12.1. The minimum absolute atomic E-state index is 0.166. The van der Waals surface area contributed by atoms with Gasteiger partial charge in [0.05, 0.1) is 12.2 Å². The number of hydrogen-bond donors (Lipinski definition) is 2. The third kappa shape index (κ3) is 4.41. The van der Waals surface area contributed by atoms with Crippen molar-refractivity contribution in [2.24, 2.45) is 0 Å². The second-order valence-corrected chi connectivity index (χ2v) is 4.84. The van der Waals surface area contributed by atoms with Gasteiger partial charge in [0.25, 0.3) is 11.8 Å². The van der Waals surface area contributed by atoms with E-state index >= 15 is 0 Å². The van der Waals surface area contributed by atoms with Gasteiger partial charge in [-0.3, -0.25) is 14.6 Å². The fourth-order valence-electron chi connectivity index (χ4n) is 1.92.